The zero-order valence-electron chi connectivity index (χ0n) is 10.0. The van der Waals surface area contributed by atoms with Gasteiger partial charge in [0, 0.05) is 0 Å². The van der Waals surface area contributed by atoms with Gasteiger partial charge in [0.2, 0.25) is 0 Å². The predicted octanol–water partition coefficient (Wildman–Crippen LogP) is 3.33. The molecule has 0 unspecified atom stereocenters. The second-order valence-corrected chi connectivity index (χ2v) is 3.87. The van der Waals surface area contributed by atoms with Crippen molar-refractivity contribution in [1.29, 1.82) is 0 Å². The van der Waals surface area contributed by atoms with Crippen molar-refractivity contribution in [2.75, 3.05) is 0 Å². The van der Waals surface area contributed by atoms with E-state index < -0.39 is 6.29 Å². The van der Waals surface area contributed by atoms with Crippen LogP contribution in [0.5, 0.6) is 0 Å². The third-order valence-corrected chi connectivity index (χ3v) is 2.33. The lowest BCUT2D eigenvalue weighted by Gasteiger charge is -2.02. The number of unbranched alkanes of at least 4 members (excludes halogenated alkanes) is 5. The molecule has 0 aromatic carbocycles. The summed E-state index contributed by atoms with van der Waals surface area (Å²) in [7, 11) is 0. The molecule has 0 radical (unpaired) electrons. The molecule has 0 bridgehead atoms. The van der Waals surface area contributed by atoms with E-state index in [2.05, 4.69) is 12.7 Å². The van der Waals surface area contributed by atoms with Gasteiger partial charge in [-0.2, -0.15) is 0 Å². The second-order valence-electron chi connectivity index (χ2n) is 3.87. The van der Waals surface area contributed by atoms with Crippen LogP contribution in [-0.4, -0.2) is 16.5 Å². The quantitative estimate of drug-likeness (QED) is 0.339. The Morgan fingerprint density at radius 1 is 0.875 bits per heavy atom. The van der Waals surface area contributed by atoms with E-state index in [1.54, 1.807) is 6.08 Å². The summed E-state index contributed by atoms with van der Waals surface area (Å²) in [6.45, 7) is 3.59. The molecule has 0 spiro atoms. The Bertz CT molecular complexity index is 205. The lowest BCUT2D eigenvalue weighted by atomic mass is 10.1. The van der Waals surface area contributed by atoms with Crippen LogP contribution in [0.3, 0.4) is 0 Å². The molecule has 0 aliphatic carbocycles. The van der Waals surface area contributed by atoms with Gasteiger partial charge < -0.3 is 10.2 Å². The van der Waals surface area contributed by atoms with Gasteiger partial charge in [0.15, 0.2) is 6.29 Å². The van der Waals surface area contributed by atoms with Crippen molar-refractivity contribution in [3.63, 3.8) is 0 Å². The summed E-state index contributed by atoms with van der Waals surface area (Å²) in [4.78, 5) is 0. The highest BCUT2D eigenvalue weighted by atomic mass is 16.5. The standard InChI is InChI=1S/C14H24O2/c1-2-3-4-5-6-7-8-9-10-11-12-13-14(15)16/h2-6,14-16H,1,7-13H2/b4-3+,6-5-. The SMILES string of the molecule is C=C/C=C/C=C\CCCCCCCC(O)O. The molecule has 0 rings (SSSR count). The Labute approximate surface area is 99.0 Å². The molecule has 0 atom stereocenters. The van der Waals surface area contributed by atoms with E-state index in [0.717, 1.165) is 19.3 Å². The van der Waals surface area contributed by atoms with Crippen LogP contribution >= 0.6 is 0 Å². The van der Waals surface area contributed by atoms with E-state index in [1.165, 1.54) is 19.3 Å². The number of hydrogen-bond donors (Lipinski definition) is 2. The van der Waals surface area contributed by atoms with Gasteiger partial charge in [-0.3, -0.25) is 0 Å². The summed E-state index contributed by atoms with van der Waals surface area (Å²) in [6, 6.07) is 0. The summed E-state index contributed by atoms with van der Waals surface area (Å²) in [6.07, 6.45) is 16.0. The van der Waals surface area contributed by atoms with Crippen molar-refractivity contribution in [3.8, 4) is 0 Å². The molecule has 0 saturated heterocycles. The van der Waals surface area contributed by atoms with Crippen LogP contribution in [0.1, 0.15) is 44.9 Å². The van der Waals surface area contributed by atoms with Crippen molar-refractivity contribution >= 4 is 0 Å². The fraction of sp³-hybridized carbons (Fsp3) is 0.571. The fourth-order valence-electron chi connectivity index (χ4n) is 1.44. The van der Waals surface area contributed by atoms with Crippen molar-refractivity contribution in [1.82, 2.24) is 0 Å². The summed E-state index contributed by atoms with van der Waals surface area (Å²) >= 11 is 0. The Morgan fingerprint density at radius 2 is 1.56 bits per heavy atom. The predicted molar refractivity (Wildman–Crippen MR) is 69.0 cm³/mol. The number of hydrogen-bond acceptors (Lipinski definition) is 2. The van der Waals surface area contributed by atoms with Gasteiger partial charge >= 0.3 is 0 Å². The first kappa shape index (κ1) is 15.1. The van der Waals surface area contributed by atoms with Crippen molar-refractivity contribution in [3.05, 3.63) is 37.0 Å². The molecule has 0 aromatic rings. The van der Waals surface area contributed by atoms with Gasteiger partial charge in [-0.05, 0) is 25.7 Å². The normalized spacial score (nSPS) is 11.9. The molecular formula is C14H24O2. The van der Waals surface area contributed by atoms with Gasteiger partial charge in [-0.1, -0.05) is 56.2 Å². The van der Waals surface area contributed by atoms with E-state index in [1.807, 2.05) is 18.2 Å². The minimum atomic E-state index is -1.13. The molecule has 0 heterocycles. The second kappa shape index (κ2) is 12.2. The van der Waals surface area contributed by atoms with E-state index in [-0.39, 0.29) is 0 Å². The highest BCUT2D eigenvalue weighted by molar-refractivity contribution is 5.08. The molecule has 92 valence electrons. The maximum Gasteiger partial charge on any atom is 0.151 e. The maximum atomic E-state index is 8.63. The lowest BCUT2D eigenvalue weighted by Crippen LogP contribution is -2.02. The largest absolute Gasteiger partial charge is 0.368 e. The summed E-state index contributed by atoms with van der Waals surface area (Å²) in [5.74, 6) is 0. The first-order valence-electron chi connectivity index (χ1n) is 6.07. The molecule has 2 N–H and O–H groups in total. The monoisotopic (exact) mass is 224 g/mol. The molecule has 2 nitrogen and oxygen atoms in total. The topological polar surface area (TPSA) is 40.5 Å². The summed E-state index contributed by atoms with van der Waals surface area (Å²) in [5.41, 5.74) is 0. The molecule has 0 fully saturated rings. The van der Waals surface area contributed by atoms with E-state index in [4.69, 9.17) is 10.2 Å². The van der Waals surface area contributed by atoms with Crippen molar-refractivity contribution in [2.24, 2.45) is 0 Å². The van der Waals surface area contributed by atoms with Crippen LogP contribution in [0.25, 0.3) is 0 Å². The Morgan fingerprint density at radius 3 is 2.25 bits per heavy atom. The molecular weight excluding hydrogens is 200 g/mol. The van der Waals surface area contributed by atoms with Gasteiger partial charge in [0.25, 0.3) is 0 Å². The number of rotatable bonds is 10. The van der Waals surface area contributed by atoms with Crippen LogP contribution in [0.2, 0.25) is 0 Å². The maximum absolute atomic E-state index is 8.63. The van der Waals surface area contributed by atoms with E-state index >= 15 is 0 Å². The lowest BCUT2D eigenvalue weighted by molar-refractivity contribution is -0.0466. The first-order chi connectivity index (χ1) is 7.77. The van der Waals surface area contributed by atoms with E-state index in [9.17, 15) is 0 Å². The molecule has 16 heavy (non-hydrogen) atoms. The average molecular weight is 224 g/mol. The first-order valence-corrected chi connectivity index (χ1v) is 6.07. The highest BCUT2D eigenvalue weighted by Gasteiger charge is 1.96. The zero-order chi connectivity index (χ0) is 12.1. The van der Waals surface area contributed by atoms with Gasteiger partial charge in [-0.15, -0.1) is 0 Å². The average Bonchev–Trinajstić information content (AvgIpc) is 2.25. The zero-order valence-corrected chi connectivity index (χ0v) is 10.0. The van der Waals surface area contributed by atoms with Crippen LogP contribution in [0, 0.1) is 0 Å². The fourth-order valence-corrected chi connectivity index (χ4v) is 1.44. The Balaban J connectivity index is 3.12. The summed E-state index contributed by atoms with van der Waals surface area (Å²) in [5, 5.41) is 17.3. The molecule has 0 aliphatic rings. The minimum absolute atomic E-state index is 0.506. The number of allylic oxidation sites excluding steroid dienone is 5. The van der Waals surface area contributed by atoms with Crippen LogP contribution in [-0.2, 0) is 0 Å². The smallest absolute Gasteiger partial charge is 0.151 e. The van der Waals surface area contributed by atoms with Crippen LogP contribution in [0.15, 0.2) is 37.0 Å². The van der Waals surface area contributed by atoms with Crippen molar-refractivity contribution < 1.29 is 10.2 Å². The van der Waals surface area contributed by atoms with E-state index in [0.29, 0.717) is 6.42 Å². The highest BCUT2D eigenvalue weighted by Crippen LogP contribution is 2.08. The third-order valence-electron chi connectivity index (χ3n) is 2.33. The molecule has 0 amide bonds. The van der Waals surface area contributed by atoms with Crippen LogP contribution < -0.4 is 0 Å². The molecule has 0 aliphatic heterocycles. The molecule has 0 aromatic heterocycles. The minimum Gasteiger partial charge on any atom is -0.368 e. The Kier molecular flexibility index (Phi) is 11.6. The van der Waals surface area contributed by atoms with Gasteiger partial charge in [0.05, 0.1) is 0 Å². The molecule has 0 saturated carbocycles. The van der Waals surface area contributed by atoms with Crippen molar-refractivity contribution in [2.45, 2.75) is 51.2 Å². The Hall–Kier alpha value is -0.860. The molecule has 2 heteroatoms. The van der Waals surface area contributed by atoms with Gasteiger partial charge in [-0.25, -0.2) is 0 Å². The third kappa shape index (κ3) is 13.1. The number of aliphatic hydroxyl groups excluding tert-OH is 1. The number of aliphatic hydroxyl groups is 2. The summed E-state index contributed by atoms with van der Waals surface area (Å²) < 4.78 is 0. The van der Waals surface area contributed by atoms with Crippen LogP contribution in [0.4, 0.5) is 0 Å². The van der Waals surface area contributed by atoms with Gasteiger partial charge in [0.1, 0.15) is 0 Å².